The van der Waals surface area contributed by atoms with E-state index in [0.29, 0.717) is 17.0 Å². The van der Waals surface area contributed by atoms with E-state index in [1.165, 1.54) is 16.5 Å². The molecule has 5 rings (SSSR count). The number of hydrogen-bond donors (Lipinski definition) is 0. The topological polar surface area (TPSA) is 77.6 Å². The first kappa shape index (κ1) is 21.2. The summed E-state index contributed by atoms with van der Waals surface area (Å²) in [7, 11) is 1.67. The summed E-state index contributed by atoms with van der Waals surface area (Å²) in [4.78, 5) is 32.0. The number of benzene rings is 2. The van der Waals surface area contributed by atoms with Gasteiger partial charge in [0.05, 0.1) is 13.4 Å². The van der Waals surface area contributed by atoms with E-state index in [1.807, 2.05) is 41.3 Å². The molecule has 0 atom stereocenters. The summed E-state index contributed by atoms with van der Waals surface area (Å²) in [5.41, 5.74) is 2.35. The predicted molar refractivity (Wildman–Crippen MR) is 126 cm³/mol. The van der Waals surface area contributed by atoms with Gasteiger partial charge in [-0.15, -0.1) is 0 Å². The van der Waals surface area contributed by atoms with E-state index >= 15 is 0 Å². The summed E-state index contributed by atoms with van der Waals surface area (Å²) < 4.78 is 12.3. The zero-order valence-corrected chi connectivity index (χ0v) is 18.7. The predicted octanol–water partition coefficient (Wildman–Crippen LogP) is 4.02. The average molecular weight is 446 g/mol. The van der Waals surface area contributed by atoms with Gasteiger partial charge in [0.2, 0.25) is 11.5 Å². The Labute approximate surface area is 191 Å². The van der Waals surface area contributed by atoms with E-state index in [1.54, 1.807) is 7.11 Å². The van der Waals surface area contributed by atoms with Crippen LogP contribution >= 0.6 is 0 Å². The van der Waals surface area contributed by atoms with E-state index in [9.17, 15) is 9.59 Å². The highest BCUT2D eigenvalue weighted by molar-refractivity contribution is 6.01. The molecular weight excluding hydrogens is 418 g/mol. The van der Waals surface area contributed by atoms with Crippen LogP contribution in [0.2, 0.25) is 0 Å². The molecule has 0 saturated carbocycles. The van der Waals surface area contributed by atoms with Gasteiger partial charge in [-0.05, 0) is 61.4 Å². The molecule has 1 fully saturated rings. The number of likely N-dealkylation sites (tertiary alicyclic amines) is 1. The Bertz CT molecular complexity index is 1330. The molecule has 0 unspecified atom stereocenters. The van der Waals surface area contributed by atoms with Gasteiger partial charge in [0.25, 0.3) is 5.56 Å². The maximum atomic E-state index is 12.9. The van der Waals surface area contributed by atoms with Crippen molar-refractivity contribution in [1.29, 1.82) is 0 Å². The second kappa shape index (κ2) is 9.10. The van der Waals surface area contributed by atoms with Gasteiger partial charge in [-0.1, -0.05) is 24.3 Å². The second-order valence-electron chi connectivity index (χ2n) is 8.66. The summed E-state index contributed by atoms with van der Waals surface area (Å²) in [5.74, 6) is 1.43. The van der Waals surface area contributed by atoms with Gasteiger partial charge < -0.3 is 14.1 Å². The van der Waals surface area contributed by atoms with Crippen molar-refractivity contribution in [2.24, 2.45) is 5.92 Å². The highest BCUT2D eigenvalue weighted by atomic mass is 16.5. The number of aryl methyl sites for hydroxylation is 1. The van der Waals surface area contributed by atoms with Crippen molar-refractivity contribution in [3.8, 4) is 5.75 Å². The van der Waals surface area contributed by atoms with Gasteiger partial charge in [0.15, 0.2) is 0 Å². The largest absolute Gasteiger partial charge is 0.497 e. The lowest BCUT2D eigenvalue weighted by Gasteiger charge is -2.32. The third-order valence-corrected chi connectivity index (χ3v) is 6.62. The molecule has 0 radical (unpaired) electrons. The van der Waals surface area contributed by atoms with Crippen molar-refractivity contribution < 1.29 is 13.9 Å². The molecule has 0 N–H and O–H groups in total. The monoisotopic (exact) mass is 445 g/mol. The normalized spacial score (nSPS) is 14.8. The smallest absolute Gasteiger partial charge is 0.297 e. The van der Waals surface area contributed by atoms with E-state index in [2.05, 4.69) is 17.1 Å². The van der Waals surface area contributed by atoms with E-state index in [4.69, 9.17) is 9.15 Å². The van der Waals surface area contributed by atoms with Crippen LogP contribution in [-0.2, 0) is 17.8 Å². The average Bonchev–Trinajstić information content (AvgIpc) is 3.24. The summed E-state index contributed by atoms with van der Waals surface area (Å²) in [6.45, 7) is 1.43. The number of hydrogen-bond acceptors (Lipinski definition) is 5. The van der Waals surface area contributed by atoms with Gasteiger partial charge in [0.1, 0.15) is 23.4 Å². The van der Waals surface area contributed by atoms with Gasteiger partial charge in [0, 0.05) is 18.5 Å². The molecule has 2 aromatic carbocycles. The minimum absolute atomic E-state index is 0.0185. The van der Waals surface area contributed by atoms with Crippen LogP contribution in [0, 0.1) is 5.92 Å². The summed E-state index contributed by atoms with van der Waals surface area (Å²) in [6, 6.07) is 15.6. The lowest BCUT2D eigenvalue weighted by Crippen LogP contribution is -2.41. The highest BCUT2D eigenvalue weighted by Gasteiger charge is 2.23. The van der Waals surface area contributed by atoms with Crippen LogP contribution in [0.5, 0.6) is 5.75 Å². The molecular formula is C26H27N3O4. The lowest BCUT2D eigenvalue weighted by molar-refractivity contribution is -0.133. The number of amides is 1. The van der Waals surface area contributed by atoms with Crippen LogP contribution in [0.4, 0.5) is 0 Å². The zero-order valence-electron chi connectivity index (χ0n) is 18.7. The van der Waals surface area contributed by atoms with Crippen molar-refractivity contribution >= 4 is 28.0 Å². The number of aromatic nitrogens is 2. The molecule has 4 aromatic rings. The van der Waals surface area contributed by atoms with Crippen LogP contribution in [0.1, 0.15) is 24.8 Å². The number of para-hydroxylation sites is 1. The Kier molecular flexibility index (Phi) is 5.86. The maximum absolute atomic E-state index is 12.9. The molecule has 0 aliphatic carbocycles. The number of carbonyl (C=O) groups is 1. The number of furan rings is 1. The number of ether oxygens (including phenoxy) is 1. The number of rotatable bonds is 6. The van der Waals surface area contributed by atoms with E-state index < -0.39 is 0 Å². The number of nitrogens with zero attached hydrogens (tertiary/aromatic N) is 3. The van der Waals surface area contributed by atoms with Crippen molar-refractivity contribution in [2.45, 2.75) is 32.2 Å². The Morgan fingerprint density at radius 3 is 2.64 bits per heavy atom. The Morgan fingerprint density at radius 1 is 1.12 bits per heavy atom. The Morgan fingerprint density at radius 2 is 1.88 bits per heavy atom. The maximum Gasteiger partial charge on any atom is 0.297 e. The molecule has 33 heavy (non-hydrogen) atoms. The minimum atomic E-state index is -0.320. The number of carbonyl (C=O) groups excluding carboxylic acids is 1. The fourth-order valence-electron chi connectivity index (χ4n) is 4.61. The Hall–Kier alpha value is -3.61. The van der Waals surface area contributed by atoms with Crippen molar-refractivity contribution in [2.75, 3.05) is 20.2 Å². The number of methoxy groups -OCH3 is 1. The van der Waals surface area contributed by atoms with Crippen LogP contribution in [0.15, 0.2) is 64.1 Å². The molecule has 1 aliphatic heterocycles. The first-order chi connectivity index (χ1) is 16.1. The van der Waals surface area contributed by atoms with Gasteiger partial charge in [-0.3, -0.25) is 14.2 Å². The van der Waals surface area contributed by atoms with Crippen LogP contribution < -0.4 is 10.3 Å². The van der Waals surface area contributed by atoms with Gasteiger partial charge in [-0.25, -0.2) is 4.98 Å². The quantitative estimate of drug-likeness (QED) is 0.448. The van der Waals surface area contributed by atoms with Crippen molar-refractivity contribution in [1.82, 2.24) is 14.5 Å². The molecule has 2 aromatic heterocycles. The number of fused-ring (bicyclic) bond motifs is 3. The van der Waals surface area contributed by atoms with Crippen LogP contribution in [0.3, 0.4) is 0 Å². The van der Waals surface area contributed by atoms with Crippen LogP contribution in [0.25, 0.3) is 22.1 Å². The molecule has 0 bridgehead atoms. The van der Waals surface area contributed by atoms with E-state index in [-0.39, 0.29) is 23.6 Å². The molecule has 3 heterocycles. The molecule has 1 aliphatic rings. The van der Waals surface area contributed by atoms with Gasteiger partial charge >= 0.3 is 0 Å². The fourth-order valence-corrected chi connectivity index (χ4v) is 4.61. The first-order valence-electron chi connectivity index (χ1n) is 11.4. The lowest BCUT2D eigenvalue weighted by atomic mass is 9.90. The second-order valence-corrected chi connectivity index (χ2v) is 8.66. The Balaban J connectivity index is 1.18. The standard InChI is InChI=1S/C26H27N3O4/c1-32-20-10-8-18(9-11-20)6-7-19-12-14-28(15-13-19)23(30)16-29-17-27-24-21-4-2-3-5-22(21)33-25(24)26(29)31/h2-5,8-11,17,19H,6-7,12-16H2,1H3. The molecule has 170 valence electrons. The molecule has 1 saturated heterocycles. The van der Waals surface area contributed by atoms with Crippen LogP contribution in [-0.4, -0.2) is 40.6 Å². The van der Waals surface area contributed by atoms with Crippen molar-refractivity contribution in [3.63, 3.8) is 0 Å². The summed E-state index contributed by atoms with van der Waals surface area (Å²) >= 11 is 0. The van der Waals surface area contributed by atoms with Gasteiger partial charge in [-0.2, -0.15) is 0 Å². The summed E-state index contributed by atoms with van der Waals surface area (Å²) in [6.07, 6.45) is 5.56. The molecule has 1 amide bonds. The molecule has 7 nitrogen and oxygen atoms in total. The fraction of sp³-hybridized carbons (Fsp3) is 0.346. The van der Waals surface area contributed by atoms with Crippen molar-refractivity contribution in [3.05, 3.63) is 70.8 Å². The van der Waals surface area contributed by atoms with E-state index in [0.717, 1.165) is 49.9 Å². The minimum Gasteiger partial charge on any atom is -0.497 e. The number of piperidine rings is 1. The third kappa shape index (κ3) is 4.35. The molecule has 0 spiro atoms. The zero-order chi connectivity index (χ0) is 22.8. The SMILES string of the molecule is COc1ccc(CCC2CCN(C(=O)Cn3cnc4c(oc5ccccc54)c3=O)CC2)cc1. The first-order valence-corrected chi connectivity index (χ1v) is 11.4. The third-order valence-electron chi connectivity index (χ3n) is 6.62. The highest BCUT2D eigenvalue weighted by Crippen LogP contribution is 2.25. The summed E-state index contributed by atoms with van der Waals surface area (Å²) in [5, 5.41) is 0.805. The molecule has 7 heteroatoms.